The highest BCUT2D eigenvalue weighted by molar-refractivity contribution is 6.71. The molecule has 3 aliphatic rings. The fraction of sp³-hybridized carbons (Fsp3) is 0.333. The number of fused-ring (bicyclic) bond motifs is 3. The number of amides is 2. The smallest absolute Gasteiger partial charge is 0.269 e. The quantitative estimate of drug-likeness (QED) is 0.158. The summed E-state index contributed by atoms with van der Waals surface area (Å²) in [5.41, 5.74) is 3.55. The van der Waals surface area contributed by atoms with Gasteiger partial charge in [0.2, 0.25) is 0 Å². The van der Waals surface area contributed by atoms with E-state index in [1.54, 1.807) is 21.6 Å². The molecule has 0 aliphatic carbocycles. The molecule has 1 fully saturated rings. The third-order valence-corrected chi connectivity index (χ3v) is 13.9. The number of aryl methyl sites for hydroxylation is 1. The minimum Gasteiger partial charge on any atom is -0.497 e. The van der Waals surface area contributed by atoms with E-state index in [0.717, 1.165) is 11.1 Å². The molecule has 1 unspecified atom stereocenters. The summed E-state index contributed by atoms with van der Waals surface area (Å²) in [7, 11) is -1.33. The third-order valence-electron chi connectivity index (χ3n) is 11.3. The molecule has 1 spiro atoms. The molecule has 13 heteroatoms. The Hall–Kier alpha value is -5.34. The van der Waals surface area contributed by atoms with Crippen LogP contribution in [0.3, 0.4) is 0 Å². The van der Waals surface area contributed by atoms with Gasteiger partial charge in [-0.3, -0.25) is 19.2 Å². The van der Waals surface area contributed by atoms with Crippen molar-refractivity contribution in [2.75, 3.05) is 30.1 Å². The summed E-state index contributed by atoms with van der Waals surface area (Å²) in [6.07, 6.45) is 1.86. The van der Waals surface area contributed by atoms with Gasteiger partial charge >= 0.3 is 0 Å². The van der Waals surface area contributed by atoms with Crippen molar-refractivity contribution in [3.05, 3.63) is 126 Å². The Morgan fingerprint density at radius 3 is 2.53 bits per heavy atom. The molecule has 5 aromatic rings. The molecule has 8 rings (SSSR count). The van der Waals surface area contributed by atoms with Crippen molar-refractivity contribution >= 4 is 37.2 Å². The number of hydrogen-bond donors (Lipinski definition) is 2. The molecule has 4 aromatic carbocycles. The lowest BCUT2D eigenvalue weighted by Gasteiger charge is -2.32. The minimum absolute atomic E-state index is 0.0689. The van der Waals surface area contributed by atoms with Gasteiger partial charge in [0.25, 0.3) is 11.8 Å². The van der Waals surface area contributed by atoms with E-state index in [-0.39, 0.29) is 48.9 Å². The lowest BCUT2D eigenvalue weighted by atomic mass is 9.82. The van der Waals surface area contributed by atoms with Gasteiger partial charge in [-0.1, -0.05) is 66.7 Å². The van der Waals surface area contributed by atoms with Crippen LogP contribution in [0.4, 0.5) is 17.1 Å². The van der Waals surface area contributed by atoms with Gasteiger partial charge < -0.3 is 29.0 Å². The standard InChI is InChI=1S/C42H45N5O7Si/c1-27-40(55(3,4)51)38(19-20-45-24-34(43-44-45)32(25-48)29-12-6-5-7-13-29)54-42(27)33-22-31(52-2)17-18-35(33)46(41(42)50)23-28-11-10-14-30(21-28)47-36-15-8-9-16-37(36)53-26-39(47)49/h5-18,21-22,24,27,32,38,40,48,51H,19-20,23,25-26H2,1-4H3/t27-,32?,38+,40-,42+/m0/s1. The Labute approximate surface area is 321 Å². The predicted molar refractivity (Wildman–Crippen MR) is 209 cm³/mol. The highest BCUT2D eigenvalue weighted by Crippen LogP contribution is 2.60. The van der Waals surface area contributed by atoms with Gasteiger partial charge in [-0.2, -0.15) is 0 Å². The molecule has 5 atom stereocenters. The van der Waals surface area contributed by atoms with Gasteiger partial charge in [-0.25, -0.2) is 0 Å². The van der Waals surface area contributed by atoms with Crippen LogP contribution in [0, 0.1) is 5.92 Å². The second-order valence-electron chi connectivity index (χ2n) is 15.1. The number of para-hydroxylation sites is 2. The second kappa shape index (κ2) is 14.4. The highest BCUT2D eigenvalue weighted by atomic mass is 28.4. The van der Waals surface area contributed by atoms with Gasteiger partial charge in [0, 0.05) is 35.5 Å². The maximum Gasteiger partial charge on any atom is 0.269 e. The summed E-state index contributed by atoms with van der Waals surface area (Å²) in [5, 5.41) is 19.0. The molecule has 12 nitrogen and oxygen atoms in total. The molecule has 1 saturated heterocycles. The first kappa shape index (κ1) is 36.6. The SMILES string of the molecule is COc1ccc2c(c1)[C@@]1(O[C@H](CCn3cc(C(CO)c4ccccc4)nn3)[C@@H]([Si](C)(C)O)[C@@H]1C)C(=O)N2Cc1cccc(N2C(=O)COc3ccccc32)c1. The average molecular weight is 760 g/mol. The van der Waals surface area contributed by atoms with Gasteiger partial charge in [0.15, 0.2) is 20.5 Å². The zero-order valence-electron chi connectivity index (χ0n) is 31.3. The molecule has 3 aliphatic heterocycles. The molecule has 284 valence electrons. The van der Waals surface area contributed by atoms with Crippen molar-refractivity contribution in [1.29, 1.82) is 0 Å². The van der Waals surface area contributed by atoms with Crippen LogP contribution in [0.2, 0.25) is 18.6 Å². The number of nitrogens with zero attached hydrogens (tertiary/aromatic N) is 5. The van der Waals surface area contributed by atoms with Gasteiger partial charge in [0.1, 0.15) is 11.5 Å². The molecule has 4 heterocycles. The van der Waals surface area contributed by atoms with Crippen LogP contribution in [0.15, 0.2) is 103 Å². The predicted octanol–water partition coefficient (Wildman–Crippen LogP) is 5.90. The van der Waals surface area contributed by atoms with E-state index in [1.165, 1.54) is 0 Å². The zero-order chi connectivity index (χ0) is 38.5. The van der Waals surface area contributed by atoms with Crippen molar-refractivity contribution < 1.29 is 33.7 Å². The summed E-state index contributed by atoms with van der Waals surface area (Å²) in [4.78, 5) is 43.5. The van der Waals surface area contributed by atoms with Crippen LogP contribution in [0.25, 0.3) is 0 Å². The number of carbonyl (C=O) groups excluding carboxylic acids is 2. The largest absolute Gasteiger partial charge is 0.497 e. The van der Waals surface area contributed by atoms with Crippen molar-refractivity contribution in [3.63, 3.8) is 0 Å². The second-order valence-corrected chi connectivity index (χ2v) is 19.1. The van der Waals surface area contributed by atoms with Crippen molar-refractivity contribution in [1.82, 2.24) is 15.0 Å². The summed E-state index contributed by atoms with van der Waals surface area (Å²) in [6.45, 7) is 6.32. The Kier molecular flexibility index (Phi) is 9.58. The van der Waals surface area contributed by atoms with Crippen LogP contribution >= 0.6 is 0 Å². The van der Waals surface area contributed by atoms with Crippen LogP contribution in [0.5, 0.6) is 11.5 Å². The molecular formula is C42H45N5O7Si. The average Bonchev–Trinajstić information content (AvgIpc) is 3.84. The number of anilines is 3. The van der Waals surface area contributed by atoms with Crippen molar-refractivity contribution in [3.8, 4) is 11.5 Å². The Balaban J connectivity index is 1.10. The van der Waals surface area contributed by atoms with E-state index >= 15 is 4.79 Å². The zero-order valence-corrected chi connectivity index (χ0v) is 32.3. The van der Waals surface area contributed by atoms with Gasteiger partial charge in [0.05, 0.1) is 49.4 Å². The molecule has 55 heavy (non-hydrogen) atoms. The molecule has 2 amide bonds. The van der Waals surface area contributed by atoms with Crippen molar-refractivity contribution in [2.45, 2.75) is 62.7 Å². The van der Waals surface area contributed by atoms with E-state index < -0.39 is 20.0 Å². The molecular weight excluding hydrogens is 715 g/mol. The fourth-order valence-corrected chi connectivity index (χ4v) is 11.5. The fourth-order valence-electron chi connectivity index (χ4n) is 8.87. The van der Waals surface area contributed by atoms with Gasteiger partial charge in [-0.05, 0) is 73.1 Å². The molecule has 0 saturated carbocycles. The lowest BCUT2D eigenvalue weighted by Crippen LogP contribution is -2.46. The number of ether oxygens (including phenoxy) is 3. The van der Waals surface area contributed by atoms with E-state index in [9.17, 15) is 14.7 Å². The molecule has 0 radical (unpaired) electrons. The number of hydrogen-bond acceptors (Lipinski definition) is 9. The van der Waals surface area contributed by atoms with Crippen LogP contribution in [0.1, 0.15) is 41.6 Å². The van der Waals surface area contributed by atoms with Crippen LogP contribution < -0.4 is 19.3 Å². The van der Waals surface area contributed by atoms with E-state index in [0.29, 0.717) is 52.8 Å². The summed E-state index contributed by atoms with van der Waals surface area (Å²) < 4.78 is 20.2. The first-order chi connectivity index (χ1) is 26.5. The van der Waals surface area contributed by atoms with E-state index in [1.807, 2.05) is 123 Å². The number of rotatable bonds is 11. The molecule has 0 bridgehead atoms. The molecule has 1 aromatic heterocycles. The first-order valence-corrected chi connectivity index (χ1v) is 21.7. The maximum atomic E-state index is 15.1. The summed E-state index contributed by atoms with van der Waals surface area (Å²) >= 11 is 0. The first-order valence-electron chi connectivity index (χ1n) is 18.6. The topological polar surface area (TPSA) is 139 Å². The third kappa shape index (κ3) is 6.40. The van der Waals surface area contributed by atoms with E-state index in [4.69, 9.17) is 14.2 Å². The molecule has 2 N–H and O–H groups in total. The number of methoxy groups -OCH3 is 1. The summed E-state index contributed by atoms with van der Waals surface area (Å²) in [5.74, 6) is 0.162. The number of carbonyl (C=O) groups is 2. The van der Waals surface area contributed by atoms with Gasteiger partial charge in [-0.15, -0.1) is 5.10 Å². The van der Waals surface area contributed by atoms with Crippen LogP contribution in [-0.4, -0.2) is 71.5 Å². The number of aliphatic hydroxyl groups excluding tert-OH is 1. The van der Waals surface area contributed by atoms with Crippen LogP contribution in [-0.2, 0) is 33.0 Å². The Bertz CT molecular complexity index is 2230. The Morgan fingerprint density at radius 1 is 0.982 bits per heavy atom. The normalized spacial score (nSPS) is 22.5. The minimum atomic E-state index is -2.93. The lowest BCUT2D eigenvalue weighted by molar-refractivity contribution is -0.146. The number of aliphatic hydroxyl groups is 1. The maximum absolute atomic E-state index is 15.1. The monoisotopic (exact) mass is 759 g/mol. The van der Waals surface area contributed by atoms with E-state index in [2.05, 4.69) is 10.3 Å². The van der Waals surface area contributed by atoms with Crippen molar-refractivity contribution in [2.24, 2.45) is 5.92 Å². The Morgan fingerprint density at radius 2 is 1.76 bits per heavy atom. The number of benzene rings is 4. The summed E-state index contributed by atoms with van der Waals surface area (Å²) in [6, 6.07) is 30.4. The number of aromatic nitrogens is 3. The highest BCUT2D eigenvalue weighted by Gasteiger charge is 2.66.